The molecule has 1 saturated heterocycles. The van der Waals surface area contributed by atoms with Gasteiger partial charge in [-0.1, -0.05) is 30.3 Å². The minimum atomic E-state index is -1.27. The zero-order valence-electron chi connectivity index (χ0n) is 31.4. The number of benzene rings is 1. The van der Waals surface area contributed by atoms with Crippen LogP contribution >= 0.6 is 0 Å². The summed E-state index contributed by atoms with van der Waals surface area (Å²) in [5.74, 6) is -4.96. The van der Waals surface area contributed by atoms with E-state index in [1.807, 2.05) is 0 Å². The quantitative estimate of drug-likeness (QED) is 0.0445. The Morgan fingerprint density at radius 2 is 1.23 bits per heavy atom. The molecule has 1 aliphatic heterocycles. The minimum absolute atomic E-state index is 0.0147. The number of hydrogen-bond acceptors (Lipinski definition) is 13. The summed E-state index contributed by atoms with van der Waals surface area (Å²) in [6.45, 7) is -0.391. The lowest BCUT2D eigenvalue weighted by Crippen LogP contribution is -2.52. The minimum Gasteiger partial charge on any atom is -0.480 e. The maximum absolute atomic E-state index is 13.2. The lowest BCUT2D eigenvalue weighted by atomic mass is 10.0. The number of unbranched alkanes of at least 4 members (excludes halogenated alkanes) is 1. The fourth-order valence-electron chi connectivity index (χ4n) is 6.04. The lowest BCUT2D eigenvalue weighted by Gasteiger charge is -2.35. The Labute approximate surface area is 324 Å². The fraction of sp³-hybridized carbons (Fsp3) is 0.583. The Balaban J connectivity index is 2.11. The van der Waals surface area contributed by atoms with Gasteiger partial charge in [0.15, 0.2) is 0 Å². The summed E-state index contributed by atoms with van der Waals surface area (Å²) in [6.07, 6.45) is 0.946. The summed E-state index contributed by atoms with van der Waals surface area (Å²) in [6, 6.07) is 6.45. The third-order valence-corrected chi connectivity index (χ3v) is 8.98. The number of carbonyl (C=O) groups excluding carboxylic acids is 4. The third kappa shape index (κ3) is 19.4. The van der Waals surface area contributed by atoms with E-state index in [1.54, 1.807) is 51.0 Å². The van der Waals surface area contributed by atoms with Crippen LogP contribution in [0, 0.1) is 0 Å². The Morgan fingerprint density at radius 3 is 1.70 bits per heavy atom. The van der Waals surface area contributed by atoms with E-state index in [9.17, 15) is 58.8 Å². The largest absolute Gasteiger partial charge is 0.480 e. The summed E-state index contributed by atoms with van der Waals surface area (Å²) in [4.78, 5) is 104. The molecule has 20 nitrogen and oxygen atoms in total. The van der Waals surface area contributed by atoms with Gasteiger partial charge < -0.3 is 42.1 Å². The first-order valence-corrected chi connectivity index (χ1v) is 18.3. The first-order valence-electron chi connectivity index (χ1n) is 18.3. The summed E-state index contributed by atoms with van der Waals surface area (Å²) in [5, 5.41) is 46.0. The maximum atomic E-state index is 13.2. The van der Waals surface area contributed by atoms with Crippen molar-refractivity contribution in [1.29, 1.82) is 0 Å². The number of nitrogens with one attached hydrogen (secondary N) is 3. The highest BCUT2D eigenvalue weighted by molar-refractivity contribution is 5.91. The number of carboxylic acids is 4. The van der Waals surface area contributed by atoms with Crippen LogP contribution in [0.15, 0.2) is 36.0 Å². The second kappa shape index (κ2) is 25.8. The third-order valence-electron chi connectivity index (χ3n) is 8.98. The molecule has 3 amide bonds. The number of nitrogens with zero attached hydrogens (tertiary/aromatic N) is 4. The second-order valence-corrected chi connectivity index (χ2v) is 13.3. The summed E-state index contributed by atoms with van der Waals surface area (Å²) >= 11 is 0. The van der Waals surface area contributed by atoms with Crippen molar-refractivity contribution < 1.29 is 58.8 Å². The smallest absolute Gasteiger partial charge is 0.320 e. The van der Waals surface area contributed by atoms with Crippen molar-refractivity contribution in [2.24, 2.45) is 5.73 Å². The van der Waals surface area contributed by atoms with Crippen LogP contribution in [0.1, 0.15) is 37.7 Å². The predicted molar refractivity (Wildman–Crippen MR) is 200 cm³/mol. The van der Waals surface area contributed by atoms with Gasteiger partial charge in [-0.15, -0.1) is 0 Å². The highest BCUT2D eigenvalue weighted by Gasteiger charge is 2.29. The van der Waals surface area contributed by atoms with Crippen LogP contribution in [0.2, 0.25) is 0 Å². The molecule has 1 fully saturated rings. The van der Waals surface area contributed by atoms with Crippen LogP contribution in [0.5, 0.6) is 0 Å². The molecule has 2 unspecified atom stereocenters. The number of aliphatic carboxylic acids is 4. The number of carboxylic acid groups (broad SMARTS) is 4. The molecule has 1 heterocycles. The van der Waals surface area contributed by atoms with Crippen molar-refractivity contribution in [2.45, 2.75) is 50.6 Å². The number of allylic oxidation sites excluding steroid dienone is 1. The van der Waals surface area contributed by atoms with Gasteiger partial charge in [-0.3, -0.25) is 53.2 Å². The lowest BCUT2D eigenvalue weighted by molar-refractivity contribution is -0.145. The molecule has 1 aromatic carbocycles. The monoisotopic (exact) mass is 790 g/mol. The summed E-state index contributed by atoms with van der Waals surface area (Å²) in [5.41, 5.74) is 6.24. The van der Waals surface area contributed by atoms with Gasteiger partial charge in [-0.05, 0) is 37.8 Å². The molecule has 2 rings (SSSR count). The molecular formula is C36H54N8O12. The van der Waals surface area contributed by atoms with Crippen molar-refractivity contribution in [2.75, 3.05) is 85.1 Å². The van der Waals surface area contributed by atoms with Gasteiger partial charge in [0.1, 0.15) is 23.7 Å². The summed E-state index contributed by atoms with van der Waals surface area (Å²) in [7, 11) is 0. The Hall–Kier alpha value is -5.24. The number of amides is 3. The van der Waals surface area contributed by atoms with Crippen LogP contribution in [0.3, 0.4) is 0 Å². The molecule has 0 bridgehead atoms. The van der Waals surface area contributed by atoms with Gasteiger partial charge in [0.25, 0.3) is 0 Å². The van der Waals surface area contributed by atoms with E-state index in [2.05, 4.69) is 16.0 Å². The fourth-order valence-corrected chi connectivity index (χ4v) is 6.04. The molecule has 1 aromatic rings. The molecule has 2 atom stereocenters. The van der Waals surface area contributed by atoms with Gasteiger partial charge in [0.2, 0.25) is 17.7 Å². The van der Waals surface area contributed by atoms with Crippen molar-refractivity contribution in [3.63, 3.8) is 0 Å². The molecule has 0 saturated carbocycles. The van der Waals surface area contributed by atoms with Gasteiger partial charge in [0, 0.05) is 65.2 Å². The number of nitrogens with two attached hydrogens (primary N) is 1. The van der Waals surface area contributed by atoms with E-state index < -0.39 is 60.2 Å². The van der Waals surface area contributed by atoms with Crippen LogP contribution < -0.4 is 21.7 Å². The average Bonchev–Trinajstić information content (AvgIpc) is 3.13. The van der Waals surface area contributed by atoms with E-state index in [0.29, 0.717) is 19.4 Å². The molecule has 1 aliphatic rings. The molecule has 20 heteroatoms. The van der Waals surface area contributed by atoms with Crippen LogP contribution in [-0.2, 0) is 44.8 Å². The normalized spacial score (nSPS) is 16.2. The predicted octanol–water partition coefficient (Wildman–Crippen LogP) is -2.50. The van der Waals surface area contributed by atoms with Gasteiger partial charge in [0.05, 0.1) is 26.2 Å². The van der Waals surface area contributed by atoms with Crippen LogP contribution in [-0.4, -0.2) is 185 Å². The second-order valence-electron chi connectivity index (χ2n) is 13.3. The van der Waals surface area contributed by atoms with Crippen molar-refractivity contribution in [1.82, 2.24) is 35.6 Å². The first kappa shape index (κ1) is 46.9. The van der Waals surface area contributed by atoms with E-state index in [4.69, 9.17) is 5.73 Å². The Bertz CT molecular complexity index is 1490. The van der Waals surface area contributed by atoms with Crippen molar-refractivity contribution >= 4 is 47.5 Å². The van der Waals surface area contributed by atoms with Gasteiger partial charge in [-0.2, -0.15) is 0 Å². The van der Waals surface area contributed by atoms with E-state index >= 15 is 0 Å². The van der Waals surface area contributed by atoms with Crippen LogP contribution in [0.25, 0.3) is 0 Å². The zero-order chi connectivity index (χ0) is 41.5. The van der Waals surface area contributed by atoms with Gasteiger partial charge >= 0.3 is 23.9 Å². The molecular weight excluding hydrogens is 736 g/mol. The maximum Gasteiger partial charge on any atom is 0.320 e. The molecule has 310 valence electrons. The van der Waals surface area contributed by atoms with Crippen molar-refractivity contribution in [3.8, 4) is 0 Å². The Morgan fingerprint density at radius 1 is 0.714 bits per heavy atom. The molecule has 56 heavy (non-hydrogen) atoms. The average molecular weight is 791 g/mol. The van der Waals surface area contributed by atoms with Gasteiger partial charge in [-0.25, -0.2) is 4.79 Å². The number of hydrogen-bond donors (Lipinski definition) is 8. The van der Waals surface area contributed by atoms with E-state index in [-0.39, 0.29) is 103 Å². The SMILES string of the molecule is NCCCCC(=C=O)NC(=O)C(Cc1ccccc1)NC(=O)CNC(=O)CCC(C(=O)O)N1CCN(CC(=O)O)CCN(CC(=O)O)CCN(CC(=O)O)CC1. The van der Waals surface area contributed by atoms with Crippen molar-refractivity contribution in [3.05, 3.63) is 41.6 Å². The highest BCUT2D eigenvalue weighted by Crippen LogP contribution is 2.11. The standard InChI is InChI=1S/C36H54N8O12/c37-11-5-4-8-27(25-45)39-35(54)28(20-26-6-2-1-3-7-26)40-31(47)21-38-30(46)10-9-29(36(55)56)44-18-16-42(23-33(50)51)14-12-41(22-32(48)49)13-15-43(17-19-44)24-34(52)53/h1-3,6-7,28-29H,4-5,8-24,37H2,(H,38,46)(H,39,54)(H,40,47)(H,48,49)(H,50,51)(H,52,53)(H,55,56). The Kier molecular flexibility index (Phi) is 21.6. The molecule has 0 aromatic heterocycles. The molecule has 0 radical (unpaired) electrons. The first-order chi connectivity index (χ1) is 26.7. The number of rotatable bonds is 22. The summed E-state index contributed by atoms with van der Waals surface area (Å²) < 4.78 is 0. The van der Waals surface area contributed by atoms with E-state index in [1.165, 1.54) is 4.90 Å². The molecule has 9 N–H and O–H groups in total. The highest BCUT2D eigenvalue weighted by atomic mass is 16.4. The number of carbonyl (C=O) groups is 7. The molecule has 0 spiro atoms. The molecule has 0 aliphatic carbocycles. The van der Waals surface area contributed by atoms with E-state index in [0.717, 1.165) is 5.56 Å². The topological polar surface area (TPSA) is 293 Å². The zero-order valence-corrected chi connectivity index (χ0v) is 31.4. The van der Waals surface area contributed by atoms with Crippen LogP contribution in [0.4, 0.5) is 0 Å².